The maximum absolute atomic E-state index is 4.92. The fourth-order valence-electron chi connectivity index (χ4n) is 5.53. The van der Waals surface area contributed by atoms with Crippen LogP contribution in [0.2, 0.25) is 0 Å². The number of nitrogens with zero attached hydrogens (tertiary/aromatic N) is 1. The zero-order valence-corrected chi connectivity index (χ0v) is 19.9. The van der Waals surface area contributed by atoms with Gasteiger partial charge in [0.2, 0.25) is 0 Å². The molecule has 1 aliphatic rings. The van der Waals surface area contributed by atoms with Gasteiger partial charge in [-0.15, -0.1) is 11.3 Å². The molecule has 6 rings (SSSR count). The number of thiophene rings is 1. The van der Waals surface area contributed by atoms with E-state index in [1.54, 1.807) is 0 Å². The Kier molecular flexibility index (Phi) is 4.32. The Morgan fingerprint density at radius 1 is 0.906 bits per heavy atom. The third-order valence-corrected chi connectivity index (χ3v) is 8.10. The van der Waals surface area contributed by atoms with Crippen LogP contribution in [0.15, 0.2) is 72.9 Å². The van der Waals surface area contributed by atoms with E-state index in [1.165, 1.54) is 53.6 Å². The van der Waals surface area contributed by atoms with E-state index in [9.17, 15) is 0 Å². The molecule has 0 saturated heterocycles. The first-order valence-electron chi connectivity index (χ1n) is 11.5. The first-order chi connectivity index (χ1) is 15.4. The van der Waals surface area contributed by atoms with E-state index in [0.717, 1.165) is 12.1 Å². The van der Waals surface area contributed by atoms with Crippen LogP contribution in [0, 0.1) is 5.92 Å². The van der Waals surface area contributed by atoms with E-state index in [1.807, 2.05) is 17.5 Å². The molecule has 0 bridgehead atoms. The van der Waals surface area contributed by atoms with Crippen LogP contribution in [0.1, 0.15) is 44.4 Å². The van der Waals surface area contributed by atoms with Gasteiger partial charge in [0.1, 0.15) is 0 Å². The summed E-state index contributed by atoms with van der Waals surface area (Å²) in [6, 6.07) is 24.7. The van der Waals surface area contributed by atoms with Crippen molar-refractivity contribution >= 4 is 32.2 Å². The van der Waals surface area contributed by atoms with Crippen molar-refractivity contribution in [2.24, 2.45) is 5.92 Å². The highest BCUT2D eigenvalue weighted by molar-refractivity contribution is 7.22. The van der Waals surface area contributed by atoms with Gasteiger partial charge in [0.05, 0.1) is 5.69 Å². The Bertz CT molecular complexity index is 1500. The van der Waals surface area contributed by atoms with Gasteiger partial charge in [0.15, 0.2) is 0 Å². The molecule has 0 N–H and O–H groups in total. The molecule has 0 spiro atoms. The first-order valence-corrected chi connectivity index (χ1v) is 12.3. The molecular weight excluding hydrogens is 406 g/mol. The molecule has 0 fully saturated rings. The summed E-state index contributed by atoms with van der Waals surface area (Å²) in [4.78, 5) is 6.34. The summed E-state index contributed by atoms with van der Waals surface area (Å²) in [6.07, 6.45) is 3.08. The molecule has 5 aromatic rings. The highest BCUT2D eigenvalue weighted by Gasteiger charge is 2.40. The highest BCUT2D eigenvalue weighted by Crippen LogP contribution is 2.57. The monoisotopic (exact) mass is 433 g/mol. The quantitative estimate of drug-likeness (QED) is 0.277. The summed E-state index contributed by atoms with van der Waals surface area (Å²) in [5.74, 6) is 0.653. The summed E-state index contributed by atoms with van der Waals surface area (Å²) in [5, 5.41) is 3.91. The van der Waals surface area contributed by atoms with Crippen molar-refractivity contribution in [2.45, 2.75) is 39.5 Å². The molecule has 2 aromatic heterocycles. The molecule has 3 aromatic carbocycles. The van der Waals surface area contributed by atoms with E-state index in [4.69, 9.17) is 4.98 Å². The van der Waals surface area contributed by atoms with Crippen LogP contribution in [0.3, 0.4) is 0 Å². The van der Waals surface area contributed by atoms with Gasteiger partial charge in [-0.05, 0) is 51.9 Å². The molecular formula is C30H27NS. The van der Waals surface area contributed by atoms with Gasteiger partial charge in [-0.3, -0.25) is 4.98 Å². The van der Waals surface area contributed by atoms with Gasteiger partial charge in [0, 0.05) is 37.7 Å². The number of fused-ring (bicyclic) bond motifs is 6. The van der Waals surface area contributed by atoms with E-state index in [0.29, 0.717) is 5.92 Å². The van der Waals surface area contributed by atoms with Crippen LogP contribution in [0.4, 0.5) is 0 Å². The zero-order valence-electron chi connectivity index (χ0n) is 19.1. The van der Waals surface area contributed by atoms with Crippen molar-refractivity contribution in [3.05, 3.63) is 89.6 Å². The molecule has 0 radical (unpaired) electrons. The second kappa shape index (κ2) is 7.02. The lowest BCUT2D eigenvalue weighted by Gasteiger charge is -2.22. The SMILES string of the molecule is CC(C)Cc1ccc2c(-c3cccc4c3-c3sc5ccccc5c3C4(C)C)nccc2c1. The van der Waals surface area contributed by atoms with Crippen molar-refractivity contribution in [1.82, 2.24) is 4.98 Å². The first kappa shape index (κ1) is 19.7. The third-order valence-electron chi connectivity index (χ3n) is 6.91. The van der Waals surface area contributed by atoms with Gasteiger partial charge in [-0.25, -0.2) is 0 Å². The lowest BCUT2D eigenvalue weighted by molar-refractivity contribution is 0.648. The van der Waals surface area contributed by atoms with Gasteiger partial charge < -0.3 is 0 Å². The van der Waals surface area contributed by atoms with Crippen molar-refractivity contribution < 1.29 is 0 Å². The molecule has 1 aliphatic carbocycles. The highest BCUT2D eigenvalue weighted by atomic mass is 32.1. The number of hydrogen-bond donors (Lipinski definition) is 0. The summed E-state index contributed by atoms with van der Waals surface area (Å²) >= 11 is 1.93. The molecule has 0 aliphatic heterocycles. The second-order valence-corrected chi connectivity index (χ2v) is 11.0. The topological polar surface area (TPSA) is 12.9 Å². The number of benzene rings is 3. The Morgan fingerprint density at radius 3 is 2.59 bits per heavy atom. The van der Waals surface area contributed by atoms with Crippen LogP contribution < -0.4 is 0 Å². The van der Waals surface area contributed by atoms with Crippen LogP contribution in [0.25, 0.3) is 42.6 Å². The number of pyridine rings is 1. The van der Waals surface area contributed by atoms with E-state index in [2.05, 4.69) is 94.4 Å². The van der Waals surface area contributed by atoms with Gasteiger partial charge in [-0.2, -0.15) is 0 Å². The van der Waals surface area contributed by atoms with Gasteiger partial charge in [0.25, 0.3) is 0 Å². The Balaban J connectivity index is 1.62. The molecule has 32 heavy (non-hydrogen) atoms. The fraction of sp³-hybridized carbons (Fsp3) is 0.233. The summed E-state index contributed by atoms with van der Waals surface area (Å²) in [7, 11) is 0. The van der Waals surface area contributed by atoms with E-state index in [-0.39, 0.29) is 5.41 Å². The van der Waals surface area contributed by atoms with Crippen molar-refractivity contribution in [3.63, 3.8) is 0 Å². The molecule has 1 nitrogen and oxygen atoms in total. The zero-order chi connectivity index (χ0) is 22.0. The molecule has 158 valence electrons. The molecule has 2 heteroatoms. The molecule has 0 saturated carbocycles. The number of aromatic nitrogens is 1. The number of hydrogen-bond acceptors (Lipinski definition) is 2. The largest absolute Gasteiger partial charge is 0.256 e. The fourth-order valence-corrected chi connectivity index (χ4v) is 6.97. The van der Waals surface area contributed by atoms with Crippen molar-refractivity contribution in [3.8, 4) is 21.7 Å². The maximum Gasteiger partial charge on any atom is 0.0786 e. The smallest absolute Gasteiger partial charge is 0.0786 e. The summed E-state index contributed by atoms with van der Waals surface area (Å²) in [5.41, 5.74) is 7.99. The minimum Gasteiger partial charge on any atom is -0.256 e. The summed E-state index contributed by atoms with van der Waals surface area (Å²) < 4.78 is 1.37. The molecule has 0 amide bonds. The van der Waals surface area contributed by atoms with Gasteiger partial charge in [-0.1, -0.05) is 82.3 Å². The van der Waals surface area contributed by atoms with Crippen LogP contribution in [-0.2, 0) is 11.8 Å². The Morgan fingerprint density at radius 2 is 1.75 bits per heavy atom. The molecule has 0 atom stereocenters. The van der Waals surface area contributed by atoms with E-state index >= 15 is 0 Å². The average Bonchev–Trinajstić information content (AvgIpc) is 3.27. The predicted octanol–water partition coefficient (Wildman–Crippen LogP) is 8.62. The Hall–Kier alpha value is -2.97. The van der Waals surface area contributed by atoms with Crippen LogP contribution in [-0.4, -0.2) is 4.98 Å². The molecule has 0 unspecified atom stereocenters. The Labute approximate surface area is 193 Å². The normalized spacial score (nSPS) is 14.3. The summed E-state index contributed by atoms with van der Waals surface area (Å²) in [6.45, 7) is 9.30. The third kappa shape index (κ3) is 2.79. The molecule has 2 heterocycles. The van der Waals surface area contributed by atoms with Crippen molar-refractivity contribution in [2.75, 3.05) is 0 Å². The van der Waals surface area contributed by atoms with Gasteiger partial charge >= 0.3 is 0 Å². The van der Waals surface area contributed by atoms with Crippen molar-refractivity contribution in [1.29, 1.82) is 0 Å². The minimum absolute atomic E-state index is 0.0186. The lowest BCUT2D eigenvalue weighted by atomic mass is 9.81. The lowest BCUT2D eigenvalue weighted by Crippen LogP contribution is -2.14. The number of rotatable bonds is 3. The second-order valence-electron chi connectivity index (χ2n) is 9.97. The van der Waals surface area contributed by atoms with Crippen LogP contribution >= 0.6 is 11.3 Å². The van der Waals surface area contributed by atoms with Crippen LogP contribution in [0.5, 0.6) is 0 Å². The van der Waals surface area contributed by atoms with E-state index < -0.39 is 0 Å². The minimum atomic E-state index is -0.0186. The average molecular weight is 434 g/mol. The predicted molar refractivity (Wildman–Crippen MR) is 139 cm³/mol. The standard InChI is InChI=1S/C30H27NS/c1-18(2)16-19-12-13-21-20(17-19)14-15-31-28(21)23-9-7-10-24-26(23)29-27(30(24,3)4)22-8-5-6-11-25(22)32-29/h5-15,17-18H,16H2,1-4H3. The maximum atomic E-state index is 4.92.